The predicted octanol–water partition coefficient (Wildman–Crippen LogP) is 3.98. The van der Waals surface area contributed by atoms with Gasteiger partial charge in [-0.3, -0.25) is 4.79 Å². The van der Waals surface area contributed by atoms with Crippen LogP contribution in [-0.4, -0.2) is 5.78 Å². The zero-order valence-electron chi connectivity index (χ0n) is 12.6. The first kappa shape index (κ1) is 13.1. The van der Waals surface area contributed by atoms with E-state index in [2.05, 4.69) is 19.1 Å². The van der Waals surface area contributed by atoms with Crippen molar-refractivity contribution in [3.8, 4) is 6.07 Å². The Morgan fingerprint density at radius 1 is 1.24 bits per heavy atom. The van der Waals surface area contributed by atoms with Crippen molar-refractivity contribution < 1.29 is 4.79 Å². The number of carbonyl (C=O) groups excluding carboxylic acids is 1. The third kappa shape index (κ3) is 1.67. The molecule has 0 heterocycles. The number of Topliss-reactive ketones (excluding diaryl/α,β-unsaturated/α-hetero) is 1. The highest BCUT2D eigenvalue weighted by Crippen LogP contribution is 2.59. The van der Waals surface area contributed by atoms with Gasteiger partial charge < -0.3 is 0 Å². The van der Waals surface area contributed by atoms with Gasteiger partial charge in [0.25, 0.3) is 0 Å². The monoisotopic (exact) mass is 279 g/mol. The molecule has 2 fully saturated rings. The van der Waals surface area contributed by atoms with E-state index in [4.69, 9.17) is 0 Å². The van der Waals surface area contributed by atoms with Crippen LogP contribution in [0.2, 0.25) is 0 Å². The highest BCUT2D eigenvalue weighted by atomic mass is 16.1. The summed E-state index contributed by atoms with van der Waals surface area (Å²) in [5.74, 6) is 2.30. The van der Waals surface area contributed by atoms with Crippen LogP contribution in [0.15, 0.2) is 18.2 Å². The Bertz CT molecular complexity index is 656. The quantitative estimate of drug-likeness (QED) is 0.720. The molecule has 2 nitrogen and oxygen atoms in total. The minimum atomic E-state index is -0.0501. The summed E-state index contributed by atoms with van der Waals surface area (Å²) in [5.41, 5.74) is 3.51. The second-order valence-corrected chi connectivity index (χ2v) is 7.32. The van der Waals surface area contributed by atoms with Crippen molar-refractivity contribution in [2.24, 2.45) is 17.3 Å². The van der Waals surface area contributed by atoms with E-state index in [0.717, 1.165) is 44.1 Å². The van der Waals surface area contributed by atoms with E-state index in [1.165, 1.54) is 11.1 Å². The van der Waals surface area contributed by atoms with Gasteiger partial charge in [-0.05, 0) is 67.1 Å². The lowest BCUT2D eigenvalue weighted by molar-refractivity contribution is -0.129. The SMILES string of the molecule is CC12CCC3c4cccc(C#N)c4CCC3C1CCC2=O. The first-order chi connectivity index (χ1) is 10.1. The summed E-state index contributed by atoms with van der Waals surface area (Å²) in [5, 5.41) is 9.32. The summed E-state index contributed by atoms with van der Waals surface area (Å²) < 4.78 is 0. The van der Waals surface area contributed by atoms with E-state index in [1.54, 1.807) is 0 Å². The second-order valence-electron chi connectivity index (χ2n) is 7.32. The topological polar surface area (TPSA) is 40.9 Å². The van der Waals surface area contributed by atoms with E-state index in [9.17, 15) is 10.1 Å². The minimum absolute atomic E-state index is 0.0501. The maximum absolute atomic E-state index is 12.3. The van der Waals surface area contributed by atoms with Crippen LogP contribution in [0.3, 0.4) is 0 Å². The molecule has 2 heteroatoms. The van der Waals surface area contributed by atoms with Crippen molar-refractivity contribution in [2.45, 2.75) is 51.4 Å². The van der Waals surface area contributed by atoms with Gasteiger partial charge in [-0.25, -0.2) is 0 Å². The van der Waals surface area contributed by atoms with Crippen LogP contribution >= 0.6 is 0 Å². The maximum atomic E-state index is 12.3. The minimum Gasteiger partial charge on any atom is -0.299 e. The lowest BCUT2D eigenvalue weighted by atomic mass is 9.55. The number of hydrogen-bond acceptors (Lipinski definition) is 2. The fourth-order valence-corrected chi connectivity index (χ4v) is 5.49. The average Bonchev–Trinajstić information content (AvgIpc) is 2.82. The smallest absolute Gasteiger partial charge is 0.139 e. The van der Waals surface area contributed by atoms with Crippen LogP contribution in [0.5, 0.6) is 0 Å². The van der Waals surface area contributed by atoms with E-state index in [0.29, 0.717) is 23.5 Å². The number of rotatable bonds is 0. The van der Waals surface area contributed by atoms with Crippen molar-refractivity contribution in [1.29, 1.82) is 5.26 Å². The van der Waals surface area contributed by atoms with Crippen LogP contribution in [0.25, 0.3) is 0 Å². The second kappa shape index (κ2) is 4.44. The van der Waals surface area contributed by atoms with E-state index in [-0.39, 0.29) is 5.41 Å². The van der Waals surface area contributed by atoms with Gasteiger partial charge in [0.05, 0.1) is 11.6 Å². The van der Waals surface area contributed by atoms with Gasteiger partial charge in [-0.15, -0.1) is 0 Å². The molecule has 0 aromatic heterocycles. The number of ketones is 1. The van der Waals surface area contributed by atoms with Gasteiger partial charge in [-0.2, -0.15) is 5.26 Å². The first-order valence-corrected chi connectivity index (χ1v) is 8.20. The largest absolute Gasteiger partial charge is 0.299 e. The van der Waals surface area contributed by atoms with Gasteiger partial charge in [0.2, 0.25) is 0 Å². The summed E-state index contributed by atoms with van der Waals surface area (Å²) in [6.07, 6.45) is 6.20. The number of nitriles is 1. The van der Waals surface area contributed by atoms with Gasteiger partial charge in [0.15, 0.2) is 0 Å². The van der Waals surface area contributed by atoms with E-state index >= 15 is 0 Å². The Balaban J connectivity index is 1.76. The molecule has 0 amide bonds. The summed E-state index contributed by atoms with van der Waals surface area (Å²) in [7, 11) is 0. The molecule has 2 saturated carbocycles. The van der Waals surface area contributed by atoms with Crippen molar-refractivity contribution in [3.05, 3.63) is 34.9 Å². The fourth-order valence-electron chi connectivity index (χ4n) is 5.49. The fraction of sp³-hybridized carbons (Fsp3) is 0.579. The lowest BCUT2D eigenvalue weighted by Gasteiger charge is -2.48. The van der Waals surface area contributed by atoms with Crippen molar-refractivity contribution >= 4 is 5.78 Å². The molecule has 3 aliphatic carbocycles. The van der Waals surface area contributed by atoms with Crippen molar-refractivity contribution in [1.82, 2.24) is 0 Å². The molecule has 4 atom stereocenters. The summed E-state index contributed by atoms with van der Waals surface area (Å²) in [6, 6.07) is 8.57. The van der Waals surface area contributed by atoms with Crippen molar-refractivity contribution in [2.75, 3.05) is 0 Å². The Labute approximate surface area is 126 Å². The van der Waals surface area contributed by atoms with Crippen molar-refractivity contribution in [3.63, 3.8) is 0 Å². The van der Waals surface area contributed by atoms with Gasteiger partial charge in [0, 0.05) is 11.8 Å². The first-order valence-electron chi connectivity index (χ1n) is 8.20. The van der Waals surface area contributed by atoms with Crippen LogP contribution in [0, 0.1) is 28.6 Å². The molecule has 4 rings (SSSR count). The van der Waals surface area contributed by atoms with Gasteiger partial charge in [-0.1, -0.05) is 19.1 Å². The number of hydrogen-bond donors (Lipinski definition) is 0. The molecule has 3 aliphatic rings. The molecule has 0 N–H and O–H groups in total. The van der Waals surface area contributed by atoms with E-state index in [1.807, 2.05) is 12.1 Å². The number of carbonyl (C=O) groups is 1. The molecule has 0 spiro atoms. The molecule has 0 radical (unpaired) electrons. The Kier molecular flexibility index (Phi) is 2.76. The molecule has 21 heavy (non-hydrogen) atoms. The average molecular weight is 279 g/mol. The van der Waals surface area contributed by atoms with Gasteiger partial charge in [0.1, 0.15) is 5.78 Å². The predicted molar refractivity (Wildman–Crippen MR) is 80.8 cm³/mol. The molecule has 0 bridgehead atoms. The van der Waals surface area contributed by atoms with Gasteiger partial charge >= 0.3 is 0 Å². The number of benzene rings is 1. The highest BCUT2D eigenvalue weighted by molar-refractivity contribution is 5.87. The van der Waals surface area contributed by atoms with Crippen LogP contribution in [-0.2, 0) is 11.2 Å². The standard InChI is InChI=1S/C19H21NO/c1-19-10-9-15-14-4-2-3-12(11-20)13(14)5-6-16(15)17(19)7-8-18(19)21/h2-4,15-17H,5-10H2,1H3. The third-order valence-electron chi connectivity index (χ3n) is 6.61. The molecule has 0 aliphatic heterocycles. The lowest BCUT2D eigenvalue weighted by Crippen LogP contribution is -2.42. The zero-order valence-corrected chi connectivity index (χ0v) is 12.6. The molecule has 0 saturated heterocycles. The maximum Gasteiger partial charge on any atom is 0.139 e. The van der Waals surface area contributed by atoms with Crippen LogP contribution in [0.4, 0.5) is 0 Å². The Morgan fingerprint density at radius 3 is 2.90 bits per heavy atom. The molecule has 1 aromatic carbocycles. The van der Waals surface area contributed by atoms with Crippen LogP contribution in [0.1, 0.15) is 61.6 Å². The summed E-state index contributed by atoms with van der Waals surface area (Å²) >= 11 is 0. The van der Waals surface area contributed by atoms with Crippen LogP contribution < -0.4 is 0 Å². The molecule has 108 valence electrons. The number of fused-ring (bicyclic) bond motifs is 5. The Hall–Kier alpha value is -1.62. The molecule has 1 aromatic rings. The molecular weight excluding hydrogens is 258 g/mol. The number of nitrogens with zero attached hydrogens (tertiary/aromatic N) is 1. The third-order valence-corrected chi connectivity index (χ3v) is 6.61. The zero-order chi connectivity index (χ0) is 14.6. The molecule has 4 unspecified atom stereocenters. The Morgan fingerprint density at radius 2 is 2.10 bits per heavy atom. The van der Waals surface area contributed by atoms with E-state index < -0.39 is 0 Å². The molecular formula is C19H21NO. The normalized spacial score (nSPS) is 37.3. The summed E-state index contributed by atoms with van der Waals surface area (Å²) in [6.45, 7) is 2.21. The highest BCUT2D eigenvalue weighted by Gasteiger charge is 2.54. The summed E-state index contributed by atoms with van der Waals surface area (Å²) in [4.78, 5) is 12.3.